The van der Waals surface area contributed by atoms with E-state index in [4.69, 9.17) is 39.5 Å². The van der Waals surface area contributed by atoms with Crippen molar-refractivity contribution in [1.29, 1.82) is 0 Å². The largest absolute Gasteiger partial charge is 0.484 e. The predicted molar refractivity (Wildman–Crippen MR) is 57.7 cm³/mol. The number of ether oxygens (including phenoxy) is 1. The van der Waals surface area contributed by atoms with Crippen LogP contribution in [0.4, 0.5) is 0 Å². The fourth-order valence-corrected chi connectivity index (χ4v) is 1.22. The first-order valence-corrected chi connectivity index (χ1v) is 5.08. The summed E-state index contributed by atoms with van der Waals surface area (Å²) in [5, 5.41) is 0.694. The van der Waals surface area contributed by atoms with Gasteiger partial charge in [-0.15, -0.1) is 11.6 Å². The quantitative estimate of drug-likeness (QED) is 0.771. The smallest absolute Gasteiger partial charge is 0.184 e. The van der Waals surface area contributed by atoms with E-state index in [1.54, 1.807) is 18.2 Å². The van der Waals surface area contributed by atoms with Crippen LogP contribution in [0.3, 0.4) is 0 Å². The van der Waals surface area contributed by atoms with Gasteiger partial charge < -0.3 is 4.74 Å². The van der Waals surface area contributed by atoms with Crippen LogP contribution in [0.25, 0.3) is 0 Å². The Balaban J connectivity index is 2.68. The highest BCUT2D eigenvalue weighted by molar-refractivity contribution is 6.42. The van der Waals surface area contributed by atoms with Crippen molar-refractivity contribution in [3.8, 4) is 5.75 Å². The summed E-state index contributed by atoms with van der Waals surface area (Å²) in [6.07, 6.45) is 0. The fourth-order valence-electron chi connectivity index (χ4n) is 0.792. The molecule has 0 aliphatic carbocycles. The number of hydrogen-bond donors (Lipinski definition) is 0. The number of halogens is 3. The van der Waals surface area contributed by atoms with Gasteiger partial charge in [0.25, 0.3) is 0 Å². The Kier molecular flexibility index (Phi) is 4.52. The zero-order chi connectivity index (χ0) is 10.6. The lowest BCUT2D eigenvalue weighted by Gasteiger charge is -2.06. The molecule has 0 bridgehead atoms. The van der Waals surface area contributed by atoms with E-state index >= 15 is 0 Å². The number of hydrogen-bond acceptors (Lipinski definition) is 2. The lowest BCUT2D eigenvalue weighted by Crippen LogP contribution is -2.12. The van der Waals surface area contributed by atoms with Crippen molar-refractivity contribution in [3.63, 3.8) is 0 Å². The lowest BCUT2D eigenvalue weighted by atomic mass is 10.3. The second kappa shape index (κ2) is 5.44. The van der Waals surface area contributed by atoms with Crippen molar-refractivity contribution in [1.82, 2.24) is 0 Å². The first kappa shape index (κ1) is 11.6. The average molecular weight is 254 g/mol. The minimum atomic E-state index is -0.206. The van der Waals surface area contributed by atoms with Crippen LogP contribution in [0.5, 0.6) is 5.75 Å². The minimum Gasteiger partial charge on any atom is -0.484 e. The topological polar surface area (TPSA) is 26.3 Å². The van der Waals surface area contributed by atoms with Crippen LogP contribution in [0, 0.1) is 0 Å². The first-order chi connectivity index (χ1) is 6.65. The molecule has 0 heterocycles. The maximum atomic E-state index is 10.8. The van der Waals surface area contributed by atoms with Gasteiger partial charge in [0.05, 0.1) is 10.9 Å². The fraction of sp³-hybridized carbons (Fsp3) is 0.222. The van der Waals surface area contributed by atoms with E-state index in [2.05, 4.69) is 0 Å². The summed E-state index contributed by atoms with van der Waals surface area (Å²) < 4.78 is 5.12. The van der Waals surface area contributed by atoms with Gasteiger partial charge in [-0.2, -0.15) is 0 Å². The van der Waals surface area contributed by atoms with Crippen molar-refractivity contribution >= 4 is 40.6 Å². The summed E-state index contributed by atoms with van der Waals surface area (Å²) in [4.78, 5) is 10.8. The van der Waals surface area contributed by atoms with Crippen LogP contribution in [-0.4, -0.2) is 18.3 Å². The first-order valence-electron chi connectivity index (χ1n) is 3.79. The van der Waals surface area contributed by atoms with E-state index in [1.807, 2.05) is 0 Å². The third kappa shape index (κ3) is 3.05. The average Bonchev–Trinajstić information content (AvgIpc) is 2.20. The maximum Gasteiger partial charge on any atom is 0.184 e. The number of benzene rings is 1. The van der Waals surface area contributed by atoms with E-state index in [1.165, 1.54) is 0 Å². The molecule has 0 unspecified atom stereocenters. The molecular weight excluding hydrogens is 246 g/mol. The second-order valence-electron chi connectivity index (χ2n) is 2.51. The molecule has 0 saturated carbocycles. The Hall–Kier alpha value is -0.440. The molecule has 0 radical (unpaired) electrons. The normalized spacial score (nSPS) is 9.93. The molecule has 0 amide bonds. The van der Waals surface area contributed by atoms with Crippen LogP contribution in [0.2, 0.25) is 10.0 Å². The molecular formula is C9H7Cl3O2. The van der Waals surface area contributed by atoms with Gasteiger partial charge in [-0.25, -0.2) is 0 Å². The number of ketones is 1. The Morgan fingerprint density at radius 1 is 1.36 bits per heavy atom. The van der Waals surface area contributed by atoms with Crippen LogP contribution in [0.1, 0.15) is 0 Å². The van der Waals surface area contributed by atoms with Crippen LogP contribution < -0.4 is 4.74 Å². The summed E-state index contributed by atoms with van der Waals surface area (Å²) >= 11 is 16.9. The molecule has 1 aromatic carbocycles. The third-order valence-electron chi connectivity index (χ3n) is 1.45. The highest BCUT2D eigenvalue weighted by Gasteiger charge is 2.07. The Morgan fingerprint density at radius 3 is 2.71 bits per heavy atom. The summed E-state index contributed by atoms with van der Waals surface area (Å²) in [5.41, 5.74) is 0. The molecule has 76 valence electrons. The van der Waals surface area contributed by atoms with Crippen molar-refractivity contribution in [2.24, 2.45) is 0 Å². The molecule has 14 heavy (non-hydrogen) atoms. The number of carbonyl (C=O) groups excluding carboxylic acids is 1. The van der Waals surface area contributed by atoms with Gasteiger partial charge in [0, 0.05) is 0 Å². The van der Waals surface area contributed by atoms with Crippen LogP contribution in [0.15, 0.2) is 18.2 Å². The number of rotatable bonds is 4. The summed E-state index contributed by atoms with van der Waals surface area (Å²) in [7, 11) is 0. The van der Waals surface area contributed by atoms with E-state index in [0.29, 0.717) is 15.8 Å². The van der Waals surface area contributed by atoms with Gasteiger partial charge >= 0.3 is 0 Å². The third-order valence-corrected chi connectivity index (χ3v) is 2.55. The SMILES string of the molecule is O=C(CCl)COc1cccc(Cl)c1Cl. The minimum absolute atomic E-state index is 0.0712. The second-order valence-corrected chi connectivity index (χ2v) is 3.57. The zero-order valence-corrected chi connectivity index (χ0v) is 9.36. The zero-order valence-electron chi connectivity index (χ0n) is 7.10. The van der Waals surface area contributed by atoms with E-state index in [0.717, 1.165) is 0 Å². The Labute approximate surface area is 96.7 Å². The maximum absolute atomic E-state index is 10.8. The molecule has 0 saturated heterocycles. The van der Waals surface area contributed by atoms with Crippen molar-refractivity contribution < 1.29 is 9.53 Å². The van der Waals surface area contributed by atoms with Crippen molar-refractivity contribution in [2.75, 3.05) is 12.5 Å². The summed E-state index contributed by atoms with van der Waals surface area (Å²) in [6, 6.07) is 4.96. The van der Waals surface area contributed by atoms with Gasteiger partial charge in [-0.05, 0) is 12.1 Å². The Bertz CT molecular complexity index is 339. The molecule has 0 fully saturated rings. The van der Waals surface area contributed by atoms with E-state index in [-0.39, 0.29) is 18.3 Å². The van der Waals surface area contributed by atoms with Gasteiger partial charge in [0.1, 0.15) is 17.4 Å². The molecule has 1 rings (SSSR count). The highest BCUT2D eigenvalue weighted by Crippen LogP contribution is 2.31. The van der Waals surface area contributed by atoms with Crippen molar-refractivity contribution in [3.05, 3.63) is 28.2 Å². The summed E-state index contributed by atoms with van der Waals surface area (Å²) in [5.74, 6) is 0.110. The van der Waals surface area contributed by atoms with Crippen molar-refractivity contribution in [2.45, 2.75) is 0 Å². The van der Waals surface area contributed by atoms with Gasteiger partial charge in [0.2, 0.25) is 0 Å². The molecule has 0 aliphatic heterocycles. The lowest BCUT2D eigenvalue weighted by molar-refractivity contribution is -0.118. The highest BCUT2D eigenvalue weighted by atomic mass is 35.5. The Morgan fingerprint density at radius 2 is 2.07 bits per heavy atom. The van der Waals surface area contributed by atoms with Crippen LogP contribution >= 0.6 is 34.8 Å². The van der Waals surface area contributed by atoms with Crippen LogP contribution in [-0.2, 0) is 4.79 Å². The number of Topliss-reactive ketones (excluding diaryl/α,β-unsaturated/α-hetero) is 1. The number of alkyl halides is 1. The van der Waals surface area contributed by atoms with E-state index < -0.39 is 0 Å². The molecule has 0 aromatic heterocycles. The number of carbonyl (C=O) groups is 1. The van der Waals surface area contributed by atoms with Gasteiger partial charge in [-0.3, -0.25) is 4.79 Å². The molecule has 0 spiro atoms. The molecule has 0 N–H and O–H groups in total. The van der Waals surface area contributed by atoms with Gasteiger partial charge in [-0.1, -0.05) is 29.3 Å². The van der Waals surface area contributed by atoms with E-state index in [9.17, 15) is 4.79 Å². The molecule has 2 nitrogen and oxygen atoms in total. The monoisotopic (exact) mass is 252 g/mol. The summed E-state index contributed by atoms with van der Waals surface area (Å²) in [6.45, 7) is -0.0937. The predicted octanol–water partition coefficient (Wildman–Crippen LogP) is 3.18. The molecule has 0 atom stereocenters. The molecule has 5 heteroatoms. The molecule has 0 aliphatic rings. The molecule has 1 aromatic rings. The standard InChI is InChI=1S/C9H7Cl3O2/c10-4-6(13)5-14-8-3-1-2-7(11)9(8)12/h1-3H,4-5H2. The van der Waals surface area contributed by atoms with Gasteiger partial charge in [0.15, 0.2) is 5.78 Å².